The van der Waals surface area contributed by atoms with Crippen LogP contribution in [0.5, 0.6) is 5.75 Å². The predicted molar refractivity (Wildman–Crippen MR) is 141 cm³/mol. The molecule has 1 aromatic heterocycles. The molecule has 0 saturated heterocycles. The fraction of sp³-hybridized carbons (Fsp3) is 0.296. The molecule has 0 fully saturated rings. The van der Waals surface area contributed by atoms with Crippen LogP contribution in [0.4, 0.5) is 5.69 Å². The van der Waals surface area contributed by atoms with Crippen molar-refractivity contribution in [1.82, 2.24) is 10.3 Å². The molecule has 198 valence electrons. The third-order valence-corrected chi connectivity index (χ3v) is 7.84. The Labute approximate surface area is 223 Å². The number of nitrogens with zero attached hydrogens (tertiary/aromatic N) is 2. The van der Waals surface area contributed by atoms with Gasteiger partial charge in [0.15, 0.2) is 5.75 Å². The van der Waals surface area contributed by atoms with E-state index in [0.29, 0.717) is 27.5 Å². The third-order valence-electron chi connectivity index (χ3n) is 6.76. The van der Waals surface area contributed by atoms with Crippen molar-refractivity contribution in [2.45, 2.75) is 25.3 Å². The van der Waals surface area contributed by atoms with Crippen LogP contribution in [0.25, 0.3) is 11.3 Å². The van der Waals surface area contributed by atoms with Gasteiger partial charge in [-0.2, -0.15) is 0 Å². The Morgan fingerprint density at radius 2 is 1.82 bits per heavy atom. The molecule has 0 spiro atoms. The number of hydrogen-bond donors (Lipinski definition) is 1. The summed E-state index contributed by atoms with van der Waals surface area (Å²) in [6, 6.07) is 13.8. The summed E-state index contributed by atoms with van der Waals surface area (Å²) in [5, 5.41) is 17.2. The summed E-state index contributed by atoms with van der Waals surface area (Å²) in [6.07, 6.45) is 0. The number of ether oxygens (including phenoxy) is 3. The Morgan fingerprint density at radius 3 is 2.42 bits per heavy atom. The zero-order valence-electron chi connectivity index (χ0n) is 21.5. The van der Waals surface area contributed by atoms with E-state index in [0.717, 1.165) is 5.56 Å². The maximum atomic E-state index is 13.4. The molecule has 0 amide bonds. The van der Waals surface area contributed by atoms with Gasteiger partial charge in [-0.05, 0) is 31.5 Å². The predicted octanol–water partition coefficient (Wildman–Crippen LogP) is 4.57. The van der Waals surface area contributed by atoms with Crippen molar-refractivity contribution < 1.29 is 28.7 Å². The van der Waals surface area contributed by atoms with Crippen LogP contribution < -0.4 is 10.1 Å². The molecule has 2 aromatic carbocycles. The van der Waals surface area contributed by atoms with Gasteiger partial charge < -0.3 is 19.5 Å². The van der Waals surface area contributed by atoms with E-state index in [-0.39, 0.29) is 11.4 Å². The second-order valence-corrected chi connectivity index (χ2v) is 9.79. The van der Waals surface area contributed by atoms with E-state index in [1.165, 1.54) is 44.8 Å². The molecule has 4 rings (SSSR count). The van der Waals surface area contributed by atoms with Gasteiger partial charge in [0.25, 0.3) is 0 Å². The minimum atomic E-state index is -1.09. The second-order valence-electron chi connectivity index (χ2n) is 8.93. The Morgan fingerprint density at radius 1 is 1.11 bits per heavy atom. The van der Waals surface area contributed by atoms with Gasteiger partial charge >= 0.3 is 17.6 Å². The lowest BCUT2D eigenvalue weighted by Crippen LogP contribution is -2.55. The van der Waals surface area contributed by atoms with Crippen LogP contribution in [-0.2, 0) is 24.6 Å². The fourth-order valence-corrected chi connectivity index (χ4v) is 5.99. The molecule has 0 radical (unpaired) electrons. The summed E-state index contributed by atoms with van der Waals surface area (Å²) < 4.78 is 15.4. The number of carbonyl (C=O) groups is 2. The molecule has 3 aromatic rings. The van der Waals surface area contributed by atoms with Crippen molar-refractivity contribution in [1.29, 1.82) is 0 Å². The van der Waals surface area contributed by atoms with Gasteiger partial charge in [-0.25, -0.2) is 9.78 Å². The van der Waals surface area contributed by atoms with Crippen LogP contribution >= 0.6 is 11.3 Å². The minimum absolute atomic E-state index is 0.141. The molecule has 3 unspecified atom stereocenters. The first kappa shape index (κ1) is 26.8. The van der Waals surface area contributed by atoms with Gasteiger partial charge in [0.1, 0.15) is 10.5 Å². The van der Waals surface area contributed by atoms with E-state index in [1.807, 2.05) is 37.3 Å². The molecule has 1 aliphatic heterocycles. The number of rotatable bonds is 7. The summed E-state index contributed by atoms with van der Waals surface area (Å²) in [7, 11) is 3.97. The van der Waals surface area contributed by atoms with E-state index >= 15 is 0 Å². The average molecular weight is 538 g/mol. The largest absolute Gasteiger partial charge is 0.490 e. The van der Waals surface area contributed by atoms with Crippen LogP contribution in [0.1, 0.15) is 30.3 Å². The SMILES string of the molecule is COC(=O)C1=C(C)NC(C)(c2nc(-c3ccc(OC)c([N+](=O)[O-])c3)cs2)C(C(=O)OC)C1c1ccccc1. The normalized spacial score (nSPS) is 20.9. The number of nitrogens with one attached hydrogen (secondary N) is 1. The van der Waals surface area contributed by atoms with Crippen LogP contribution in [-0.4, -0.2) is 43.2 Å². The number of hydrogen-bond acceptors (Lipinski definition) is 10. The molecule has 3 atom stereocenters. The standard InChI is InChI=1S/C27H27N3O7S/c1-15-21(24(31)36-4)22(16-9-7-6-8-10-16)23(25(32)37-5)27(2,29-15)26-28-18(14-38-26)17-11-12-20(35-3)19(13-17)30(33)34/h6-14,22-23,29H,1-5H3. The highest BCUT2D eigenvalue weighted by Crippen LogP contribution is 2.49. The van der Waals surface area contributed by atoms with Gasteiger partial charge in [0.2, 0.25) is 0 Å². The topological polar surface area (TPSA) is 130 Å². The van der Waals surface area contributed by atoms with Crippen molar-refractivity contribution in [3.63, 3.8) is 0 Å². The lowest BCUT2D eigenvalue weighted by atomic mass is 9.67. The second kappa shape index (κ2) is 10.6. The fourth-order valence-electron chi connectivity index (χ4n) is 5.00. The van der Waals surface area contributed by atoms with E-state index in [2.05, 4.69) is 5.32 Å². The quantitative estimate of drug-likeness (QED) is 0.262. The zero-order valence-corrected chi connectivity index (χ0v) is 22.3. The Balaban J connectivity index is 1.88. The highest BCUT2D eigenvalue weighted by atomic mass is 32.1. The van der Waals surface area contributed by atoms with Crippen molar-refractivity contribution in [3.05, 3.63) is 85.9 Å². The molecule has 1 N–H and O–H groups in total. The van der Waals surface area contributed by atoms with Gasteiger partial charge in [-0.15, -0.1) is 11.3 Å². The molecular weight excluding hydrogens is 510 g/mol. The monoisotopic (exact) mass is 537 g/mol. The van der Waals surface area contributed by atoms with Crippen molar-refractivity contribution >= 4 is 29.0 Å². The number of thiazole rings is 1. The zero-order chi connectivity index (χ0) is 27.6. The molecule has 0 saturated carbocycles. The molecule has 1 aliphatic rings. The lowest BCUT2D eigenvalue weighted by molar-refractivity contribution is -0.385. The maximum absolute atomic E-state index is 13.4. The maximum Gasteiger partial charge on any atom is 0.336 e. The van der Waals surface area contributed by atoms with E-state index in [1.54, 1.807) is 18.4 Å². The number of aromatic nitrogens is 1. The lowest BCUT2D eigenvalue weighted by Gasteiger charge is -2.45. The van der Waals surface area contributed by atoms with Crippen molar-refractivity contribution in [2.24, 2.45) is 5.92 Å². The molecule has 0 bridgehead atoms. The highest BCUT2D eigenvalue weighted by molar-refractivity contribution is 7.10. The Kier molecular flexibility index (Phi) is 7.49. The van der Waals surface area contributed by atoms with Crippen LogP contribution in [0, 0.1) is 16.0 Å². The van der Waals surface area contributed by atoms with Crippen LogP contribution in [0.2, 0.25) is 0 Å². The number of nitro groups is 1. The first-order valence-electron chi connectivity index (χ1n) is 11.6. The smallest absolute Gasteiger partial charge is 0.336 e. The first-order chi connectivity index (χ1) is 18.2. The average Bonchev–Trinajstić information content (AvgIpc) is 3.43. The molecule has 10 nitrogen and oxygen atoms in total. The summed E-state index contributed by atoms with van der Waals surface area (Å²) >= 11 is 1.30. The van der Waals surface area contributed by atoms with Gasteiger partial charge in [0.05, 0.1) is 43.4 Å². The van der Waals surface area contributed by atoms with E-state index in [4.69, 9.17) is 19.2 Å². The van der Waals surface area contributed by atoms with Crippen molar-refractivity contribution in [3.8, 4) is 17.0 Å². The molecule has 11 heteroatoms. The van der Waals surface area contributed by atoms with E-state index in [9.17, 15) is 19.7 Å². The number of allylic oxidation sites excluding steroid dienone is 1. The first-order valence-corrected chi connectivity index (χ1v) is 12.5. The molecule has 2 heterocycles. The Bertz CT molecular complexity index is 1420. The summed E-state index contributed by atoms with van der Waals surface area (Å²) in [5.74, 6) is -2.51. The molecular formula is C27H27N3O7S. The Hall–Kier alpha value is -4.25. The highest BCUT2D eigenvalue weighted by Gasteiger charge is 2.54. The van der Waals surface area contributed by atoms with Gasteiger partial charge in [-0.1, -0.05) is 30.3 Å². The molecule has 38 heavy (non-hydrogen) atoms. The van der Waals surface area contributed by atoms with Crippen LogP contribution in [0.3, 0.4) is 0 Å². The van der Waals surface area contributed by atoms with E-state index < -0.39 is 34.2 Å². The number of esters is 2. The van der Waals surface area contributed by atoms with Gasteiger partial charge in [0, 0.05) is 28.6 Å². The minimum Gasteiger partial charge on any atom is -0.490 e. The third kappa shape index (κ3) is 4.60. The summed E-state index contributed by atoms with van der Waals surface area (Å²) in [4.78, 5) is 42.2. The van der Waals surface area contributed by atoms with Gasteiger partial charge in [-0.3, -0.25) is 14.9 Å². The number of nitro benzene ring substituents is 1. The molecule has 0 aliphatic carbocycles. The summed E-state index contributed by atoms with van der Waals surface area (Å²) in [6.45, 7) is 3.59. The number of methoxy groups -OCH3 is 3. The number of benzene rings is 2. The van der Waals surface area contributed by atoms with Crippen molar-refractivity contribution in [2.75, 3.05) is 21.3 Å². The number of carbonyl (C=O) groups excluding carboxylic acids is 2. The van der Waals surface area contributed by atoms with Crippen LogP contribution in [0.15, 0.2) is 65.2 Å². The summed E-state index contributed by atoms with van der Waals surface area (Å²) in [5.41, 5.74) is 1.38.